The molecule has 0 aliphatic carbocycles. The van der Waals surface area contributed by atoms with Crippen molar-refractivity contribution in [1.29, 1.82) is 0 Å². The monoisotopic (exact) mass is 366 g/mol. The third-order valence-corrected chi connectivity index (χ3v) is 3.56. The number of carbonyl (C=O) groups excluding carboxylic acids is 1. The average molecular weight is 366 g/mol. The van der Waals surface area contributed by atoms with Crippen LogP contribution in [0.1, 0.15) is 11.3 Å². The lowest BCUT2D eigenvalue weighted by Gasteiger charge is -2.08. The smallest absolute Gasteiger partial charge is 0.344 e. The lowest BCUT2D eigenvalue weighted by molar-refractivity contribution is -0.147. The molecular formula is C21H18O6. The molecule has 6 nitrogen and oxygen atoms in total. The highest BCUT2D eigenvalue weighted by Crippen LogP contribution is 2.11. The van der Waals surface area contributed by atoms with Gasteiger partial charge < -0.3 is 18.6 Å². The molecule has 1 heterocycles. The van der Waals surface area contributed by atoms with Gasteiger partial charge in [0.1, 0.15) is 31.0 Å². The summed E-state index contributed by atoms with van der Waals surface area (Å²) in [6, 6.07) is 19.6. The Morgan fingerprint density at radius 2 is 1.59 bits per heavy atom. The fourth-order valence-corrected chi connectivity index (χ4v) is 2.21. The predicted molar refractivity (Wildman–Crippen MR) is 97.5 cm³/mol. The van der Waals surface area contributed by atoms with Gasteiger partial charge in [0.2, 0.25) is 11.2 Å². The topological polar surface area (TPSA) is 75.0 Å². The van der Waals surface area contributed by atoms with Crippen molar-refractivity contribution in [2.24, 2.45) is 0 Å². The van der Waals surface area contributed by atoms with Crippen LogP contribution < -0.4 is 14.9 Å². The zero-order valence-electron chi connectivity index (χ0n) is 14.5. The maximum absolute atomic E-state index is 12.1. The highest BCUT2D eigenvalue weighted by molar-refractivity contribution is 5.71. The molecule has 0 spiro atoms. The van der Waals surface area contributed by atoms with Gasteiger partial charge in [-0.2, -0.15) is 0 Å². The van der Waals surface area contributed by atoms with Gasteiger partial charge >= 0.3 is 5.97 Å². The van der Waals surface area contributed by atoms with E-state index in [1.807, 2.05) is 36.4 Å². The first kappa shape index (κ1) is 18.3. The standard InChI is InChI=1S/C21H18O6/c22-19-11-18(13-27-21(23)15-25-17-9-5-2-6-10-17)24-14-20(19)26-12-16-7-3-1-4-8-16/h1-11,14H,12-13,15H2. The van der Waals surface area contributed by atoms with Crippen LogP contribution >= 0.6 is 0 Å². The fraction of sp³-hybridized carbons (Fsp3) is 0.143. The first-order chi connectivity index (χ1) is 13.2. The summed E-state index contributed by atoms with van der Waals surface area (Å²) in [5, 5.41) is 0. The number of carbonyl (C=O) groups is 1. The summed E-state index contributed by atoms with van der Waals surface area (Å²) in [7, 11) is 0. The van der Waals surface area contributed by atoms with Gasteiger partial charge in [0, 0.05) is 6.07 Å². The second kappa shape index (κ2) is 9.24. The van der Waals surface area contributed by atoms with E-state index >= 15 is 0 Å². The Kier molecular flexibility index (Phi) is 6.25. The summed E-state index contributed by atoms with van der Waals surface area (Å²) in [6.07, 6.45) is 1.22. The van der Waals surface area contributed by atoms with Gasteiger partial charge in [0.05, 0.1) is 0 Å². The van der Waals surface area contributed by atoms with Gasteiger partial charge in [-0.15, -0.1) is 0 Å². The number of esters is 1. The maximum atomic E-state index is 12.1. The Labute approximate surface area is 155 Å². The second-order valence-corrected chi connectivity index (χ2v) is 5.61. The molecule has 0 aliphatic heterocycles. The molecule has 0 fully saturated rings. The van der Waals surface area contributed by atoms with Gasteiger partial charge in [0.15, 0.2) is 6.61 Å². The highest BCUT2D eigenvalue weighted by atomic mass is 16.6. The summed E-state index contributed by atoms with van der Waals surface area (Å²) in [4.78, 5) is 23.8. The summed E-state index contributed by atoms with van der Waals surface area (Å²) in [5.74, 6) is 0.327. The molecule has 0 aliphatic rings. The largest absolute Gasteiger partial charge is 0.482 e. The Bertz CT molecular complexity index is 918. The van der Waals surface area contributed by atoms with E-state index in [9.17, 15) is 9.59 Å². The van der Waals surface area contributed by atoms with Crippen molar-refractivity contribution >= 4 is 5.97 Å². The first-order valence-electron chi connectivity index (χ1n) is 8.32. The lowest BCUT2D eigenvalue weighted by Crippen LogP contribution is -2.15. The van der Waals surface area contributed by atoms with Crippen LogP contribution in [0.15, 0.2) is 82.2 Å². The predicted octanol–water partition coefficient (Wildman–Crippen LogP) is 3.34. The number of hydrogen-bond acceptors (Lipinski definition) is 6. The van der Waals surface area contributed by atoms with Gasteiger partial charge in [-0.1, -0.05) is 48.5 Å². The zero-order valence-corrected chi connectivity index (χ0v) is 14.5. The van der Waals surface area contributed by atoms with Crippen LogP contribution in [0.5, 0.6) is 11.5 Å². The summed E-state index contributed by atoms with van der Waals surface area (Å²) in [6.45, 7) is -0.130. The molecule has 138 valence electrons. The molecule has 1 aromatic heterocycles. The van der Waals surface area contributed by atoms with Crippen LogP contribution in [-0.4, -0.2) is 12.6 Å². The normalized spacial score (nSPS) is 10.2. The van der Waals surface area contributed by atoms with Crippen LogP contribution in [-0.2, 0) is 22.7 Å². The Morgan fingerprint density at radius 1 is 0.889 bits per heavy atom. The van der Waals surface area contributed by atoms with Gasteiger partial charge in [-0.3, -0.25) is 4.79 Å². The third-order valence-electron chi connectivity index (χ3n) is 3.56. The van der Waals surface area contributed by atoms with Crippen LogP contribution in [0.2, 0.25) is 0 Å². The van der Waals surface area contributed by atoms with Gasteiger partial charge in [-0.25, -0.2) is 4.79 Å². The van der Waals surface area contributed by atoms with E-state index in [-0.39, 0.29) is 36.8 Å². The van der Waals surface area contributed by atoms with Crippen molar-refractivity contribution in [3.05, 3.63) is 94.5 Å². The molecule has 0 saturated carbocycles. The SMILES string of the molecule is O=C(COc1ccccc1)OCc1cc(=O)c(OCc2ccccc2)co1. The number of para-hydroxylation sites is 1. The van der Waals surface area contributed by atoms with E-state index in [1.165, 1.54) is 12.3 Å². The number of hydrogen-bond donors (Lipinski definition) is 0. The minimum absolute atomic E-state index is 0.0985. The van der Waals surface area contributed by atoms with Crippen LogP contribution in [0.3, 0.4) is 0 Å². The van der Waals surface area contributed by atoms with Crippen LogP contribution in [0, 0.1) is 0 Å². The first-order valence-corrected chi connectivity index (χ1v) is 8.32. The van der Waals surface area contributed by atoms with Crippen molar-refractivity contribution in [2.45, 2.75) is 13.2 Å². The van der Waals surface area contributed by atoms with E-state index < -0.39 is 5.97 Å². The molecule has 6 heteroatoms. The van der Waals surface area contributed by atoms with E-state index in [0.29, 0.717) is 5.75 Å². The molecular weight excluding hydrogens is 348 g/mol. The van der Waals surface area contributed by atoms with Crippen molar-refractivity contribution in [2.75, 3.05) is 6.61 Å². The molecule has 0 amide bonds. The molecule has 0 bridgehead atoms. The van der Waals surface area contributed by atoms with Gasteiger partial charge in [-0.05, 0) is 17.7 Å². The molecule has 3 rings (SSSR count). The van der Waals surface area contributed by atoms with E-state index in [4.69, 9.17) is 18.6 Å². The molecule has 0 unspecified atom stereocenters. The Morgan fingerprint density at radius 3 is 2.30 bits per heavy atom. The highest BCUT2D eigenvalue weighted by Gasteiger charge is 2.09. The minimum atomic E-state index is -0.564. The van der Waals surface area contributed by atoms with Crippen molar-refractivity contribution in [3.8, 4) is 11.5 Å². The molecule has 3 aromatic rings. The van der Waals surface area contributed by atoms with Gasteiger partial charge in [0.25, 0.3) is 0 Å². The summed E-state index contributed by atoms with van der Waals surface area (Å²) < 4.78 is 21.1. The molecule has 0 atom stereocenters. The lowest BCUT2D eigenvalue weighted by atomic mass is 10.2. The second-order valence-electron chi connectivity index (χ2n) is 5.61. The Balaban J connectivity index is 1.47. The quantitative estimate of drug-likeness (QED) is 0.569. The van der Waals surface area contributed by atoms with Crippen molar-refractivity contribution in [1.82, 2.24) is 0 Å². The number of rotatable bonds is 8. The minimum Gasteiger partial charge on any atom is -0.482 e. The molecule has 2 aromatic carbocycles. The van der Waals surface area contributed by atoms with E-state index in [2.05, 4.69) is 0 Å². The molecule has 27 heavy (non-hydrogen) atoms. The number of benzene rings is 2. The summed E-state index contributed by atoms with van der Waals surface area (Å²) in [5.41, 5.74) is 0.595. The zero-order chi connectivity index (χ0) is 18.9. The average Bonchev–Trinajstić information content (AvgIpc) is 2.71. The van der Waals surface area contributed by atoms with E-state index in [1.54, 1.807) is 24.3 Å². The molecule has 0 N–H and O–H groups in total. The van der Waals surface area contributed by atoms with Crippen molar-refractivity contribution < 1.29 is 23.4 Å². The van der Waals surface area contributed by atoms with Crippen LogP contribution in [0.25, 0.3) is 0 Å². The maximum Gasteiger partial charge on any atom is 0.344 e. The van der Waals surface area contributed by atoms with Crippen LogP contribution in [0.4, 0.5) is 0 Å². The summed E-state index contributed by atoms with van der Waals surface area (Å²) >= 11 is 0. The fourth-order valence-electron chi connectivity index (χ4n) is 2.21. The number of ether oxygens (including phenoxy) is 3. The van der Waals surface area contributed by atoms with Crippen molar-refractivity contribution in [3.63, 3.8) is 0 Å². The molecule has 0 saturated heterocycles. The Hall–Kier alpha value is -3.54. The third kappa shape index (κ3) is 5.74. The van der Waals surface area contributed by atoms with E-state index in [0.717, 1.165) is 5.56 Å². The molecule has 0 radical (unpaired) electrons.